The summed E-state index contributed by atoms with van der Waals surface area (Å²) in [7, 11) is 0. The summed E-state index contributed by atoms with van der Waals surface area (Å²) in [4.78, 5) is 7.64. The monoisotopic (exact) mass is 241 g/mol. The molecule has 0 aromatic rings. The van der Waals surface area contributed by atoms with E-state index in [1.165, 1.54) is 52.4 Å². The largest absolute Gasteiger partial charge is 0.329 e. The van der Waals surface area contributed by atoms with Gasteiger partial charge in [0.2, 0.25) is 0 Å². The first-order chi connectivity index (χ1) is 8.38. The molecule has 2 aliphatic heterocycles. The lowest BCUT2D eigenvalue weighted by Gasteiger charge is -2.36. The number of piperazine rings is 2. The topological polar surface area (TPSA) is 47.8 Å². The summed E-state index contributed by atoms with van der Waals surface area (Å²) in [5.41, 5.74) is 5.58. The van der Waals surface area contributed by atoms with Crippen molar-refractivity contribution in [3.05, 3.63) is 0 Å². The third kappa shape index (κ3) is 4.52. The van der Waals surface area contributed by atoms with Gasteiger partial charge in [0.15, 0.2) is 0 Å². The molecule has 0 bridgehead atoms. The molecule has 0 aliphatic carbocycles. The van der Waals surface area contributed by atoms with Gasteiger partial charge in [-0.1, -0.05) is 0 Å². The Bertz CT molecular complexity index is 197. The molecular formula is C12H27N5. The first-order valence-electron chi connectivity index (χ1n) is 6.96. The number of nitrogens with one attached hydrogen (secondary N) is 1. The van der Waals surface area contributed by atoms with Crippen LogP contribution in [0.3, 0.4) is 0 Å². The molecule has 2 rings (SSSR count). The van der Waals surface area contributed by atoms with Crippen molar-refractivity contribution in [2.75, 3.05) is 78.5 Å². The van der Waals surface area contributed by atoms with E-state index in [0.717, 1.165) is 26.2 Å². The van der Waals surface area contributed by atoms with Gasteiger partial charge in [0.05, 0.1) is 0 Å². The van der Waals surface area contributed by atoms with Crippen molar-refractivity contribution in [3.63, 3.8) is 0 Å². The van der Waals surface area contributed by atoms with Crippen LogP contribution in [-0.2, 0) is 0 Å². The number of nitrogens with two attached hydrogens (primary N) is 1. The van der Waals surface area contributed by atoms with Gasteiger partial charge in [0, 0.05) is 78.5 Å². The van der Waals surface area contributed by atoms with Gasteiger partial charge in [-0.3, -0.25) is 14.7 Å². The van der Waals surface area contributed by atoms with Crippen molar-refractivity contribution in [2.24, 2.45) is 5.73 Å². The highest BCUT2D eigenvalue weighted by atomic mass is 15.3. The first kappa shape index (κ1) is 13.2. The zero-order valence-corrected chi connectivity index (χ0v) is 10.9. The van der Waals surface area contributed by atoms with Gasteiger partial charge in [0.1, 0.15) is 0 Å². The quantitative estimate of drug-likeness (QED) is 0.611. The van der Waals surface area contributed by atoms with Gasteiger partial charge in [-0.15, -0.1) is 0 Å². The van der Waals surface area contributed by atoms with Crippen molar-refractivity contribution < 1.29 is 0 Å². The minimum absolute atomic E-state index is 0.792. The highest BCUT2D eigenvalue weighted by molar-refractivity contribution is 4.74. The minimum Gasteiger partial charge on any atom is -0.329 e. The highest BCUT2D eigenvalue weighted by Crippen LogP contribution is 2.01. The molecule has 0 aromatic heterocycles. The third-order valence-corrected chi connectivity index (χ3v) is 3.85. The van der Waals surface area contributed by atoms with E-state index in [1.54, 1.807) is 0 Å². The van der Waals surface area contributed by atoms with Gasteiger partial charge >= 0.3 is 0 Å². The van der Waals surface area contributed by atoms with Crippen molar-refractivity contribution >= 4 is 0 Å². The number of nitrogens with zero attached hydrogens (tertiary/aromatic N) is 3. The molecule has 2 heterocycles. The maximum absolute atomic E-state index is 5.58. The summed E-state index contributed by atoms with van der Waals surface area (Å²) in [5.74, 6) is 0. The van der Waals surface area contributed by atoms with E-state index in [2.05, 4.69) is 20.0 Å². The van der Waals surface area contributed by atoms with E-state index in [-0.39, 0.29) is 0 Å². The third-order valence-electron chi connectivity index (χ3n) is 3.85. The summed E-state index contributed by atoms with van der Waals surface area (Å²) in [6.45, 7) is 13.9. The molecule has 5 heteroatoms. The molecule has 0 atom stereocenters. The molecule has 0 saturated carbocycles. The van der Waals surface area contributed by atoms with Gasteiger partial charge in [-0.2, -0.15) is 0 Å². The summed E-state index contributed by atoms with van der Waals surface area (Å²) in [6.07, 6.45) is 0. The van der Waals surface area contributed by atoms with Gasteiger partial charge in [0.25, 0.3) is 0 Å². The predicted molar refractivity (Wildman–Crippen MR) is 71.2 cm³/mol. The van der Waals surface area contributed by atoms with Crippen LogP contribution < -0.4 is 11.1 Å². The Labute approximate surface area is 105 Å². The summed E-state index contributed by atoms with van der Waals surface area (Å²) in [5, 5.41) is 3.40. The van der Waals surface area contributed by atoms with Crippen LogP contribution in [-0.4, -0.2) is 93.2 Å². The molecule has 2 aliphatic rings. The average Bonchev–Trinajstić information content (AvgIpc) is 2.40. The van der Waals surface area contributed by atoms with Crippen molar-refractivity contribution in [3.8, 4) is 0 Å². The van der Waals surface area contributed by atoms with Gasteiger partial charge in [-0.05, 0) is 0 Å². The zero-order valence-electron chi connectivity index (χ0n) is 10.9. The van der Waals surface area contributed by atoms with Crippen LogP contribution >= 0.6 is 0 Å². The van der Waals surface area contributed by atoms with E-state index in [0.29, 0.717) is 0 Å². The fourth-order valence-corrected chi connectivity index (χ4v) is 2.64. The maximum atomic E-state index is 5.58. The first-order valence-corrected chi connectivity index (χ1v) is 6.96. The van der Waals surface area contributed by atoms with Crippen LogP contribution in [0.1, 0.15) is 0 Å². The summed E-state index contributed by atoms with van der Waals surface area (Å²) < 4.78 is 0. The lowest BCUT2D eigenvalue weighted by Crippen LogP contribution is -2.51. The van der Waals surface area contributed by atoms with Crippen LogP contribution in [0.4, 0.5) is 0 Å². The molecule has 5 nitrogen and oxygen atoms in total. The molecule has 17 heavy (non-hydrogen) atoms. The molecule has 0 radical (unpaired) electrons. The molecule has 2 saturated heterocycles. The molecule has 0 unspecified atom stereocenters. The Morgan fingerprint density at radius 3 is 1.71 bits per heavy atom. The second kappa shape index (κ2) is 7.28. The van der Waals surface area contributed by atoms with Gasteiger partial charge < -0.3 is 11.1 Å². The highest BCUT2D eigenvalue weighted by Gasteiger charge is 2.17. The minimum atomic E-state index is 0.792. The Morgan fingerprint density at radius 1 is 0.706 bits per heavy atom. The van der Waals surface area contributed by atoms with Crippen molar-refractivity contribution in [2.45, 2.75) is 0 Å². The molecule has 0 spiro atoms. The Hall–Kier alpha value is -0.200. The van der Waals surface area contributed by atoms with E-state index < -0.39 is 0 Å². The van der Waals surface area contributed by atoms with Crippen LogP contribution in [0.25, 0.3) is 0 Å². The molecule has 2 fully saturated rings. The van der Waals surface area contributed by atoms with Crippen LogP contribution in [0.2, 0.25) is 0 Å². The predicted octanol–water partition coefficient (Wildman–Crippen LogP) is -1.53. The number of rotatable bonds is 5. The van der Waals surface area contributed by atoms with E-state index in [9.17, 15) is 0 Å². The molecule has 100 valence electrons. The Kier molecular flexibility index (Phi) is 5.67. The fraction of sp³-hybridized carbons (Fsp3) is 1.00. The molecule has 3 N–H and O–H groups in total. The van der Waals surface area contributed by atoms with Crippen LogP contribution in [0.5, 0.6) is 0 Å². The summed E-state index contributed by atoms with van der Waals surface area (Å²) in [6, 6.07) is 0. The molecule has 0 aromatic carbocycles. The van der Waals surface area contributed by atoms with Crippen molar-refractivity contribution in [1.82, 2.24) is 20.0 Å². The second-order valence-corrected chi connectivity index (χ2v) is 5.06. The second-order valence-electron chi connectivity index (χ2n) is 5.06. The van der Waals surface area contributed by atoms with Crippen LogP contribution in [0.15, 0.2) is 0 Å². The smallest absolute Gasteiger partial charge is 0.0110 e. The SMILES string of the molecule is NCCN1CCN(CCN2CCNCC2)CC1. The van der Waals surface area contributed by atoms with Gasteiger partial charge in [-0.25, -0.2) is 0 Å². The lowest BCUT2D eigenvalue weighted by molar-refractivity contribution is 0.117. The zero-order chi connectivity index (χ0) is 11.9. The summed E-state index contributed by atoms with van der Waals surface area (Å²) >= 11 is 0. The standard InChI is InChI=1S/C12H27N5/c13-1-4-15-7-10-17(11-8-15)12-9-16-5-2-14-3-6-16/h14H,1-13H2. The van der Waals surface area contributed by atoms with E-state index in [1.807, 2.05) is 0 Å². The molecule has 0 amide bonds. The van der Waals surface area contributed by atoms with E-state index >= 15 is 0 Å². The number of hydrogen-bond donors (Lipinski definition) is 2. The van der Waals surface area contributed by atoms with Crippen molar-refractivity contribution in [1.29, 1.82) is 0 Å². The normalized spacial score (nSPS) is 25.2. The Morgan fingerprint density at radius 2 is 1.18 bits per heavy atom. The van der Waals surface area contributed by atoms with E-state index in [4.69, 9.17) is 5.73 Å². The number of hydrogen-bond acceptors (Lipinski definition) is 5. The molecular weight excluding hydrogens is 214 g/mol. The average molecular weight is 241 g/mol. The Balaban J connectivity index is 1.57. The van der Waals surface area contributed by atoms with Crippen LogP contribution in [0, 0.1) is 0 Å². The fourth-order valence-electron chi connectivity index (χ4n) is 2.64. The maximum Gasteiger partial charge on any atom is 0.0110 e. The lowest BCUT2D eigenvalue weighted by atomic mass is 10.3.